The molecule has 0 bridgehead atoms. The standard InChI is InChI=1S/C17H17N3O2/c1-11-5-4-6-16(12(11)2)22-15-9-7-14(8-10-15)20-13(3)18-19-17(20)21/h4-10H,1-3H3,(H,19,21). The number of H-pyrrole nitrogens is 1. The molecule has 112 valence electrons. The number of rotatable bonds is 3. The number of aromatic nitrogens is 3. The quantitative estimate of drug-likeness (QED) is 0.806. The van der Waals surface area contributed by atoms with E-state index in [-0.39, 0.29) is 5.69 Å². The van der Waals surface area contributed by atoms with Crippen LogP contribution in [0.2, 0.25) is 0 Å². The van der Waals surface area contributed by atoms with Crippen molar-refractivity contribution in [1.29, 1.82) is 0 Å². The van der Waals surface area contributed by atoms with Gasteiger partial charge in [0.1, 0.15) is 17.3 Å². The van der Waals surface area contributed by atoms with Gasteiger partial charge in [0.15, 0.2) is 0 Å². The molecule has 0 unspecified atom stereocenters. The first-order valence-corrected chi connectivity index (χ1v) is 7.05. The van der Waals surface area contributed by atoms with E-state index in [0.717, 1.165) is 22.7 Å². The molecular formula is C17H17N3O2. The van der Waals surface area contributed by atoms with Crippen LogP contribution in [0.4, 0.5) is 0 Å². The van der Waals surface area contributed by atoms with Crippen molar-refractivity contribution >= 4 is 0 Å². The predicted molar refractivity (Wildman–Crippen MR) is 84.9 cm³/mol. The maximum atomic E-state index is 11.7. The Morgan fingerprint density at radius 2 is 1.77 bits per heavy atom. The smallest absolute Gasteiger partial charge is 0.347 e. The summed E-state index contributed by atoms with van der Waals surface area (Å²) >= 11 is 0. The van der Waals surface area contributed by atoms with Crippen molar-refractivity contribution in [3.8, 4) is 17.2 Å². The molecule has 0 saturated heterocycles. The largest absolute Gasteiger partial charge is 0.457 e. The highest BCUT2D eigenvalue weighted by atomic mass is 16.5. The van der Waals surface area contributed by atoms with Crippen LogP contribution in [0.15, 0.2) is 47.3 Å². The molecule has 0 radical (unpaired) electrons. The van der Waals surface area contributed by atoms with E-state index in [4.69, 9.17) is 4.74 Å². The molecule has 5 heteroatoms. The van der Waals surface area contributed by atoms with Crippen molar-refractivity contribution < 1.29 is 4.74 Å². The third-order valence-electron chi connectivity index (χ3n) is 3.72. The molecule has 3 aromatic rings. The molecule has 5 nitrogen and oxygen atoms in total. The third-order valence-corrected chi connectivity index (χ3v) is 3.72. The Morgan fingerprint density at radius 1 is 1.05 bits per heavy atom. The van der Waals surface area contributed by atoms with Crippen molar-refractivity contribution in [3.05, 3.63) is 69.9 Å². The van der Waals surface area contributed by atoms with Gasteiger partial charge in [-0.1, -0.05) is 12.1 Å². The van der Waals surface area contributed by atoms with Gasteiger partial charge in [-0.3, -0.25) is 0 Å². The second kappa shape index (κ2) is 5.52. The number of ether oxygens (including phenoxy) is 1. The molecule has 0 aliphatic rings. The van der Waals surface area contributed by atoms with Gasteiger partial charge in [-0.05, 0) is 62.2 Å². The van der Waals surface area contributed by atoms with Crippen LogP contribution in [-0.4, -0.2) is 14.8 Å². The van der Waals surface area contributed by atoms with E-state index in [2.05, 4.69) is 23.2 Å². The summed E-state index contributed by atoms with van der Waals surface area (Å²) in [5.74, 6) is 2.18. The Labute approximate surface area is 128 Å². The van der Waals surface area contributed by atoms with Crippen molar-refractivity contribution in [1.82, 2.24) is 14.8 Å². The van der Waals surface area contributed by atoms with Crippen LogP contribution < -0.4 is 10.4 Å². The van der Waals surface area contributed by atoms with Gasteiger partial charge in [-0.2, -0.15) is 5.10 Å². The predicted octanol–water partition coefficient (Wildman–Crippen LogP) is 3.28. The second-order valence-corrected chi connectivity index (χ2v) is 5.21. The van der Waals surface area contributed by atoms with Gasteiger partial charge < -0.3 is 4.74 Å². The third kappa shape index (κ3) is 2.53. The summed E-state index contributed by atoms with van der Waals surface area (Å²) in [4.78, 5) is 11.7. The maximum absolute atomic E-state index is 11.7. The average Bonchev–Trinajstić information content (AvgIpc) is 2.84. The minimum Gasteiger partial charge on any atom is -0.457 e. The van der Waals surface area contributed by atoms with Crippen molar-refractivity contribution in [2.75, 3.05) is 0 Å². The Kier molecular flexibility index (Phi) is 3.55. The zero-order valence-electron chi connectivity index (χ0n) is 12.8. The molecule has 0 saturated carbocycles. The molecule has 1 heterocycles. The highest BCUT2D eigenvalue weighted by molar-refractivity contribution is 5.43. The van der Waals surface area contributed by atoms with Crippen molar-refractivity contribution in [2.45, 2.75) is 20.8 Å². The molecule has 0 atom stereocenters. The molecule has 1 aromatic heterocycles. The highest BCUT2D eigenvalue weighted by Crippen LogP contribution is 2.27. The van der Waals surface area contributed by atoms with Crippen LogP contribution in [0.5, 0.6) is 11.5 Å². The lowest BCUT2D eigenvalue weighted by atomic mass is 10.1. The minimum absolute atomic E-state index is 0.249. The molecule has 0 spiro atoms. The lowest BCUT2D eigenvalue weighted by Crippen LogP contribution is -2.15. The Bertz CT molecular complexity index is 860. The summed E-state index contributed by atoms with van der Waals surface area (Å²) in [5, 5.41) is 6.33. The van der Waals surface area contributed by atoms with E-state index in [1.165, 1.54) is 10.1 Å². The number of nitrogens with one attached hydrogen (secondary N) is 1. The van der Waals surface area contributed by atoms with Crippen LogP contribution in [0.1, 0.15) is 17.0 Å². The first-order chi connectivity index (χ1) is 10.6. The van der Waals surface area contributed by atoms with Gasteiger partial charge in [-0.15, -0.1) is 0 Å². The van der Waals surface area contributed by atoms with Crippen LogP contribution >= 0.6 is 0 Å². The lowest BCUT2D eigenvalue weighted by molar-refractivity contribution is 0.478. The summed E-state index contributed by atoms with van der Waals surface area (Å²) in [6.07, 6.45) is 0. The van der Waals surface area contributed by atoms with Gasteiger partial charge >= 0.3 is 5.69 Å². The molecule has 2 aromatic carbocycles. The average molecular weight is 295 g/mol. The zero-order chi connectivity index (χ0) is 15.7. The number of nitrogens with zero attached hydrogens (tertiary/aromatic N) is 2. The minimum atomic E-state index is -0.249. The van der Waals surface area contributed by atoms with Crippen LogP contribution in [0.3, 0.4) is 0 Å². The van der Waals surface area contributed by atoms with Gasteiger partial charge in [0.25, 0.3) is 0 Å². The second-order valence-electron chi connectivity index (χ2n) is 5.21. The molecule has 1 N–H and O–H groups in total. The summed E-state index contributed by atoms with van der Waals surface area (Å²) in [6, 6.07) is 13.3. The van der Waals surface area contributed by atoms with E-state index in [1.54, 1.807) is 6.92 Å². The van der Waals surface area contributed by atoms with Crippen LogP contribution in [0.25, 0.3) is 5.69 Å². The molecule has 0 aliphatic carbocycles. The topological polar surface area (TPSA) is 59.9 Å². The number of hydrogen-bond acceptors (Lipinski definition) is 3. The Morgan fingerprint density at radius 3 is 2.41 bits per heavy atom. The zero-order valence-corrected chi connectivity index (χ0v) is 12.8. The monoisotopic (exact) mass is 295 g/mol. The normalized spacial score (nSPS) is 10.7. The fraction of sp³-hybridized carbons (Fsp3) is 0.176. The highest BCUT2D eigenvalue weighted by Gasteiger charge is 2.07. The molecule has 0 amide bonds. The summed E-state index contributed by atoms with van der Waals surface area (Å²) in [6.45, 7) is 5.87. The number of aryl methyl sites for hydroxylation is 2. The van der Waals surface area contributed by atoms with Crippen molar-refractivity contribution in [2.24, 2.45) is 0 Å². The molecule has 0 aliphatic heterocycles. The lowest BCUT2D eigenvalue weighted by Gasteiger charge is -2.11. The fourth-order valence-electron chi connectivity index (χ4n) is 2.30. The molecular weight excluding hydrogens is 278 g/mol. The number of hydrogen-bond donors (Lipinski definition) is 1. The number of benzene rings is 2. The molecule has 0 fully saturated rings. The summed E-state index contributed by atoms with van der Waals surface area (Å²) < 4.78 is 7.43. The molecule has 3 rings (SSSR count). The first kappa shape index (κ1) is 14.1. The molecule has 22 heavy (non-hydrogen) atoms. The van der Waals surface area contributed by atoms with Crippen molar-refractivity contribution in [3.63, 3.8) is 0 Å². The van der Waals surface area contributed by atoms with Gasteiger partial charge in [-0.25, -0.2) is 14.5 Å². The fourth-order valence-corrected chi connectivity index (χ4v) is 2.30. The van der Waals surface area contributed by atoms with Crippen LogP contribution in [-0.2, 0) is 0 Å². The Hall–Kier alpha value is -2.82. The van der Waals surface area contributed by atoms with Gasteiger partial charge in [0.2, 0.25) is 0 Å². The van der Waals surface area contributed by atoms with Gasteiger partial charge in [0.05, 0.1) is 5.69 Å². The number of aromatic amines is 1. The van der Waals surface area contributed by atoms with E-state index in [9.17, 15) is 4.79 Å². The first-order valence-electron chi connectivity index (χ1n) is 7.05. The Balaban J connectivity index is 1.89. The van der Waals surface area contributed by atoms with E-state index < -0.39 is 0 Å². The summed E-state index contributed by atoms with van der Waals surface area (Å²) in [5.41, 5.74) is 2.81. The SMILES string of the molecule is Cc1cccc(Oc2ccc(-n3c(C)n[nH]c3=O)cc2)c1C. The van der Waals surface area contributed by atoms with Crippen LogP contribution in [0, 0.1) is 20.8 Å². The van der Waals surface area contributed by atoms with E-state index >= 15 is 0 Å². The maximum Gasteiger partial charge on any atom is 0.347 e. The van der Waals surface area contributed by atoms with E-state index in [1.807, 2.05) is 43.3 Å². The van der Waals surface area contributed by atoms with Gasteiger partial charge in [0, 0.05) is 0 Å². The summed E-state index contributed by atoms with van der Waals surface area (Å²) in [7, 11) is 0. The van der Waals surface area contributed by atoms with E-state index in [0.29, 0.717) is 5.82 Å².